The first-order valence-corrected chi connectivity index (χ1v) is 10.5. The van der Waals surface area contributed by atoms with Gasteiger partial charge in [-0.25, -0.2) is 0 Å². The van der Waals surface area contributed by atoms with Gasteiger partial charge in [0.15, 0.2) is 0 Å². The van der Waals surface area contributed by atoms with Crippen molar-refractivity contribution < 1.29 is 19.1 Å². The highest BCUT2D eigenvalue weighted by Crippen LogP contribution is 2.17. The van der Waals surface area contributed by atoms with Gasteiger partial charge in [-0.3, -0.25) is 19.4 Å². The van der Waals surface area contributed by atoms with E-state index in [1.165, 1.54) is 4.90 Å². The lowest BCUT2D eigenvalue weighted by Crippen LogP contribution is -2.48. The SMILES string of the molecule is O=C1CC[C@@H](C(=O)N2CC(=O)N(Cc3cccnc3)C[C@H](OCc3ccccc3)C2)N1. The van der Waals surface area contributed by atoms with Crippen molar-refractivity contribution in [2.45, 2.75) is 38.1 Å². The third-order valence-corrected chi connectivity index (χ3v) is 5.56. The van der Waals surface area contributed by atoms with E-state index in [0.717, 1.165) is 11.1 Å². The van der Waals surface area contributed by atoms with E-state index in [4.69, 9.17) is 4.74 Å². The molecule has 0 unspecified atom stereocenters. The largest absolute Gasteiger partial charge is 0.370 e. The molecule has 8 nitrogen and oxygen atoms in total. The van der Waals surface area contributed by atoms with Crippen LogP contribution in [0.5, 0.6) is 0 Å². The smallest absolute Gasteiger partial charge is 0.245 e. The molecule has 3 amide bonds. The number of pyridine rings is 1. The van der Waals surface area contributed by atoms with Crippen LogP contribution >= 0.6 is 0 Å². The molecule has 2 aromatic rings. The van der Waals surface area contributed by atoms with E-state index in [1.807, 2.05) is 42.5 Å². The van der Waals surface area contributed by atoms with Crippen LogP contribution in [-0.2, 0) is 32.3 Å². The van der Waals surface area contributed by atoms with Gasteiger partial charge in [0, 0.05) is 38.4 Å². The minimum absolute atomic E-state index is 0.0311. The topological polar surface area (TPSA) is 91.8 Å². The Labute approximate surface area is 181 Å². The molecule has 162 valence electrons. The summed E-state index contributed by atoms with van der Waals surface area (Å²) < 4.78 is 6.14. The van der Waals surface area contributed by atoms with Crippen LogP contribution in [0.3, 0.4) is 0 Å². The standard InChI is InChI=1S/C23H26N4O4/c28-21-9-8-20(25-21)23(30)27-14-19(31-16-17-5-2-1-3-6-17)13-26(22(29)15-27)12-18-7-4-10-24-11-18/h1-7,10-11,19-20H,8-9,12-16H2,(H,25,28)/t19-,20-/m0/s1. The maximum Gasteiger partial charge on any atom is 0.245 e. The molecule has 3 heterocycles. The van der Waals surface area contributed by atoms with Crippen molar-refractivity contribution in [1.29, 1.82) is 0 Å². The number of carbonyl (C=O) groups excluding carboxylic acids is 3. The van der Waals surface area contributed by atoms with Crippen LogP contribution in [0.2, 0.25) is 0 Å². The van der Waals surface area contributed by atoms with Crippen molar-refractivity contribution in [2.75, 3.05) is 19.6 Å². The Balaban J connectivity index is 1.49. The third-order valence-electron chi connectivity index (χ3n) is 5.56. The van der Waals surface area contributed by atoms with Crippen LogP contribution in [0.1, 0.15) is 24.0 Å². The second-order valence-corrected chi connectivity index (χ2v) is 7.93. The molecule has 1 aromatic heterocycles. The quantitative estimate of drug-likeness (QED) is 0.753. The summed E-state index contributed by atoms with van der Waals surface area (Å²) in [7, 11) is 0. The Bertz CT molecular complexity index is 922. The molecule has 2 saturated heterocycles. The summed E-state index contributed by atoms with van der Waals surface area (Å²) in [5, 5.41) is 2.71. The van der Waals surface area contributed by atoms with Crippen LogP contribution < -0.4 is 5.32 Å². The molecule has 1 aromatic carbocycles. The van der Waals surface area contributed by atoms with Gasteiger partial charge in [-0.2, -0.15) is 0 Å². The Hall–Kier alpha value is -3.26. The predicted molar refractivity (Wildman–Crippen MR) is 112 cm³/mol. The van der Waals surface area contributed by atoms with Crippen molar-refractivity contribution in [1.82, 2.24) is 20.1 Å². The summed E-state index contributed by atoms with van der Waals surface area (Å²) in [4.78, 5) is 44.9. The maximum atomic E-state index is 13.0. The van der Waals surface area contributed by atoms with Gasteiger partial charge in [0.1, 0.15) is 6.04 Å². The number of ether oxygens (including phenoxy) is 1. The summed E-state index contributed by atoms with van der Waals surface area (Å²) in [5.74, 6) is -0.502. The highest BCUT2D eigenvalue weighted by Gasteiger charge is 2.36. The minimum atomic E-state index is -0.569. The van der Waals surface area contributed by atoms with Crippen molar-refractivity contribution in [2.24, 2.45) is 0 Å². The van der Waals surface area contributed by atoms with Crippen LogP contribution in [0.15, 0.2) is 54.9 Å². The van der Waals surface area contributed by atoms with Gasteiger partial charge in [0.05, 0.1) is 19.3 Å². The zero-order valence-corrected chi connectivity index (χ0v) is 17.3. The highest BCUT2D eigenvalue weighted by atomic mass is 16.5. The van der Waals surface area contributed by atoms with Crippen LogP contribution in [-0.4, -0.2) is 64.3 Å². The number of benzene rings is 1. The molecular formula is C23H26N4O4. The van der Waals surface area contributed by atoms with Crippen molar-refractivity contribution in [3.63, 3.8) is 0 Å². The summed E-state index contributed by atoms with van der Waals surface area (Å²) in [6, 6.07) is 13.0. The maximum absolute atomic E-state index is 13.0. The van der Waals surface area contributed by atoms with E-state index >= 15 is 0 Å². The van der Waals surface area contributed by atoms with E-state index in [1.54, 1.807) is 17.3 Å². The summed E-state index contributed by atoms with van der Waals surface area (Å²) >= 11 is 0. The Morgan fingerprint density at radius 1 is 1.10 bits per heavy atom. The van der Waals surface area contributed by atoms with E-state index in [2.05, 4.69) is 10.3 Å². The summed E-state index contributed by atoms with van der Waals surface area (Å²) in [6.45, 7) is 1.44. The number of aromatic nitrogens is 1. The van der Waals surface area contributed by atoms with Crippen molar-refractivity contribution in [3.8, 4) is 0 Å². The molecular weight excluding hydrogens is 396 g/mol. The molecule has 8 heteroatoms. The monoisotopic (exact) mass is 422 g/mol. The van der Waals surface area contributed by atoms with Crippen LogP contribution in [0.25, 0.3) is 0 Å². The average Bonchev–Trinajstić information content (AvgIpc) is 3.16. The second-order valence-electron chi connectivity index (χ2n) is 7.93. The first-order valence-electron chi connectivity index (χ1n) is 10.5. The average molecular weight is 422 g/mol. The fourth-order valence-corrected chi connectivity index (χ4v) is 3.93. The molecule has 2 aliphatic rings. The number of amides is 3. The fourth-order valence-electron chi connectivity index (χ4n) is 3.93. The lowest BCUT2D eigenvalue weighted by Gasteiger charge is -2.26. The van der Waals surface area contributed by atoms with Crippen molar-refractivity contribution >= 4 is 17.7 Å². The molecule has 0 bridgehead atoms. The molecule has 0 aliphatic carbocycles. The number of nitrogens with zero attached hydrogens (tertiary/aromatic N) is 3. The van der Waals surface area contributed by atoms with Crippen LogP contribution in [0, 0.1) is 0 Å². The predicted octanol–water partition coefficient (Wildman–Crippen LogP) is 1.12. The number of carbonyl (C=O) groups is 3. The molecule has 0 saturated carbocycles. The van der Waals surface area contributed by atoms with Gasteiger partial charge >= 0.3 is 0 Å². The molecule has 31 heavy (non-hydrogen) atoms. The van der Waals surface area contributed by atoms with Gasteiger partial charge in [-0.15, -0.1) is 0 Å². The lowest BCUT2D eigenvalue weighted by atomic mass is 10.2. The number of rotatable bonds is 6. The highest BCUT2D eigenvalue weighted by molar-refractivity contribution is 5.93. The Morgan fingerprint density at radius 2 is 1.90 bits per heavy atom. The van der Waals surface area contributed by atoms with E-state index < -0.39 is 6.04 Å². The summed E-state index contributed by atoms with van der Waals surface area (Å²) in [6.07, 6.45) is 3.87. The van der Waals surface area contributed by atoms with Gasteiger partial charge in [0.25, 0.3) is 0 Å². The van der Waals surface area contributed by atoms with E-state index in [9.17, 15) is 14.4 Å². The number of hydrogen-bond acceptors (Lipinski definition) is 5. The third kappa shape index (κ3) is 5.46. The van der Waals surface area contributed by atoms with E-state index in [0.29, 0.717) is 39.1 Å². The normalized spacial score (nSPS) is 21.7. The molecule has 2 atom stereocenters. The Morgan fingerprint density at radius 3 is 2.61 bits per heavy atom. The number of nitrogens with one attached hydrogen (secondary N) is 1. The zero-order chi connectivity index (χ0) is 21.6. The van der Waals surface area contributed by atoms with Crippen molar-refractivity contribution in [3.05, 3.63) is 66.0 Å². The van der Waals surface area contributed by atoms with Gasteiger partial charge in [-0.05, 0) is 23.6 Å². The molecule has 0 spiro atoms. The summed E-state index contributed by atoms with van der Waals surface area (Å²) in [5.41, 5.74) is 1.94. The fraction of sp³-hybridized carbons (Fsp3) is 0.391. The first kappa shape index (κ1) is 21.0. The van der Waals surface area contributed by atoms with Crippen LogP contribution in [0.4, 0.5) is 0 Å². The Kier molecular flexibility index (Phi) is 6.57. The molecule has 2 fully saturated rings. The second kappa shape index (κ2) is 9.70. The van der Waals surface area contributed by atoms with Gasteiger partial charge in [0.2, 0.25) is 17.7 Å². The van der Waals surface area contributed by atoms with Gasteiger partial charge in [-0.1, -0.05) is 36.4 Å². The zero-order valence-electron chi connectivity index (χ0n) is 17.3. The van der Waals surface area contributed by atoms with E-state index in [-0.39, 0.29) is 30.4 Å². The first-order chi connectivity index (χ1) is 15.1. The number of hydrogen-bond donors (Lipinski definition) is 1. The minimum Gasteiger partial charge on any atom is -0.370 e. The van der Waals surface area contributed by atoms with Gasteiger partial charge < -0.3 is 19.9 Å². The molecule has 4 rings (SSSR count). The molecule has 0 radical (unpaired) electrons. The molecule has 2 aliphatic heterocycles. The molecule has 1 N–H and O–H groups in total. The lowest BCUT2D eigenvalue weighted by molar-refractivity contribution is -0.140.